The lowest BCUT2D eigenvalue weighted by Gasteiger charge is -2.10. The van der Waals surface area contributed by atoms with E-state index < -0.39 is 22.8 Å². The molecule has 20 heavy (non-hydrogen) atoms. The van der Waals surface area contributed by atoms with E-state index in [1.807, 2.05) is 0 Å². The van der Waals surface area contributed by atoms with Gasteiger partial charge in [0, 0.05) is 6.20 Å². The van der Waals surface area contributed by atoms with Gasteiger partial charge >= 0.3 is 5.69 Å². The molecule has 0 unspecified atom stereocenters. The van der Waals surface area contributed by atoms with Gasteiger partial charge in [-0.3, -0.25) is 9.59 Å². The number of aromatic amines is 1. The Kier molecular flexibility index (Phi) is 3.71. The Balaban J connectivity index is 2.87. The molecule has 0 aliphatic rings. The summed E-state index contributed by atoms with van der Waals surface area (Å²) in [6.07, 6.45) is 1.06. The average Bonchev–Trinajstić information content (AvgIpc) is 2.35. The summed E-state index contributed by atoms with van der Waals surface area (Å²) in [5, 5.41) is 0. The van der Waals surface area contributed by atoms with Crippen LogP contribution in [0.3, 0.4) is 0 Å². The Hall–Kier alpha value is -2.02. The van der Waals surface area contributed by atoms with Crippen molar-refractivity contribution in [2.45, 2.75) is 13.8 Å². The number of carbonyl (C=O) groups excluding carboxylic acids is 1. The summed E-state index contributed by atoms with van der Waals surface area (Å²) in [5.41, 5.74) is -1.05. The van der Waals surface area contributed by atoms with Gasteiger partial charge < -0.3 is 4.98 Å². The lowest BCUT2D eigenvalue weighted by Crippen LogP contribution is -2.36. The first-order valence-corrected chi connectivity index (χ1v) is 6.44. The van der Waals surface area contributed by atoms with E-state index in [9.17, 15) is 18.8 Å². The van der Waals surface area contributed by atoms with E-state index >= 15 is 0 Å². The van der Waals surface area contributed by atoms with E-state index in [1.165, 1.54) is 13.0 Å². The Morgan fingerprint density at radius 3 is 2.60 bits per heavy atom. The van der Waals surface area contributed by atoms with E-state index in [2.05, 4.69) is 20.9 Å². The molecular formula is C13H10BrFN2O3. The molecule has 0 fully saturated rings. The molecular weight excluding hydrogens is 331 g/mol. The van der Waals surface area contributed by atoms with Crippen molar-refractivity contribution in [2.24, 2.45) is 0 Å². The van der Waals surface area contributed by atoms with E-state index in [0.29, 0.717) is 5.56 Å². The molecule has 7 heteroatoms. The van der Waals surface area contributed by atoms with Crippen LogP contribution in [0.5, 0.6) is 0 Å². The molecule has 0 radical (unpaired) electrons. The fourth-order valence-electron chi connectivity index (χ4n) is 1.82. The summed E-state index contributed by atoms with van der Waals surface area (Å²) in [5.74, 6) is -1.08. The van der Waals surface area contributed by atoms with E-state index in [4.69, 9.17) is 0 Å². The van der Waals surface area contributed by atoms with Crippen molar-refractivity contribution in [3.63, 3.8) is 0 Å². The summed E-state index contributed by atoms with van der Waals surface area (Å²) in [6, 6.07) is 2.52. The Bertz CT molecular complexity index is 823. The number of nitrogens with one attached hydrogen (secondary N) is 1. The summed E-state index contributed by atoms with van der Waals surface area (Å²) in [6.45, 7) is 2.85. The minimum atomic E-state index is -0.772. The minimum Gasteiger partial charge on any atom is -0.313 e. The van der Waals surface area contributed by atoms with Gasteiger partial charge in [-0.25, -0.2) is 13.8 Å². The number of nitrogens with zero attached hydrogens (tertiary/aromatic N) is 1. The van der Waals surface area contributed by atoms with E-state index in [1.54, 1.807) is 6.92 Å². The predicted molar refractivity (Wildman–Crippen MR) is 75.1 cm³/mol. The number of aryl methyl sites for hydroxylation is 1. The third kappa shape index (κ3) is 2.36. The van der Waals surface area contributed by atoms with Crippen molar-refractivity contribution in [3.05, 3.63) is 60.6 Å². The maximum Gasteiger partial charge on any atom is 0.333 e. The number of Topliss-reactive ketones (excluding diaryl/α,β-unsaturated/α-hetero) is 1. The van der Waals surface area contributed by atoms with Crippen LogP contribution in [-0.4, -0.2) is 15.3 Å². The molecule has 0 bridgehead atoms. The van der Waals surface area contributed by atoms with Crippen LogP contribution in [0, 0.1) is 12.7 Å². The van der Waals surface area contributed by atoms with Gasteiger partial charge in [-0.05, 0) is 47.5 Å². The van der Waals surface area contributed by atoms with Crippen LogP contribution < -0.4 is 11.2 Å². The quantitative estimate of drug-likeness (QED) is 0.849. The Labute approximate surface area is 121 Å². The van der Waals surface area contributed by atoms with Gasteiger partial charge in [0.25, 0.3) is 5.56 Å². The molecule has 1 heterocycles. The second kappa shape index (κ2) is 5.16. The summed E-state index contributed by atoms with van der Waals surface area (Å²) < 4.78 is 14.6. The molecule has 0 aliphatic carbocycles. The van der Waals surface area contributed by atoms with E-state index in [0.717, 1.165) is 16.8 Å². The molecule has 2 aromatic rings. The number of carbonyl (C=O) groups is 1. The first-order valence-electron chi connectivity index (χ1n) is 5.64. The number of hydrogen-bond acceptors (Lipinski definition) is 3. The largest absolute Gasteiger partial charge is 0.333 e. The van der Waals surface area contributed by atoms with Crippen molar-refractivity contribution in [3.8, 4) is 5.69 Å². The van der Waals surface area contributed by atoms with Crippen molar-refractivity contribution in [1.82, 2.24) is 9.55 Å². The standard InChI is InChI=1S/C13H10BrFN2O3/c1-6-3-9(14)10(15)4-11(6)17-12(19)8(7(2)18)5-16-13(17)20/h3-5H,1-2H3,(H,16,20). The molecule has 0 atom stereocenters. The van der Waals surface area contributed by atoms with Gasteiger partial charge in [0.05, 0.1) is 15.7 Å². The molecule has 1 aromatic heterocycles. The number of hydrogen-bond donors (Lipinski definition) is 1. The van der Waals surface area contributed by atoms with E-state index in [-0.39, 0.29) is 15.7 Å². The zero-order valence-electron chi connectivity index (χ0n) is 10.7. The molecule has 1 aromatic carbocycles. The Morgan fingerprint density at radius 2 is 2.00 bits per heavy atom. The normalized spacial score (nSPS) is 10.6. The SMILES string of the molecule is CC(=O)c1c[nH]c(=O)n(-c2cc(F)c(Br)cc2C)c1=O. The van der Waals surface area contributed by atoms with Gasteiger partial charge in [-0.2, -0.15) is 0 Å². The molecule has 0 spiro atoms. The third-order valence-electron chi connectivity index (χ3n) is 2.84. The second-order valence-electron chi connectivity index (χ2n) is 4.26. The first kappa shape index (κ1) is 14.4. The Morgan fingerprint density at radius 1 is 1.35 bits per heavy atom. The number of H-pyrrole nitrogens is 1. The second-order valence-corrected chi connectivity index (χ2v) is 5.11. The molecule has 0 saturated heterocycles. The highest BCUT2D eigenvalue weighted by Crippen LogP contribution is 2.21. The lowest BCUT2D eigenvalue weighted by atomic mass is 10.2. The van der Waals surface area contributed by atoms with Gasteiger partial charge in [0.1, 0.15) is 5.82 Å². The van der Waals surface area contributed by atoms with Crippen LogP contribution in [0.25, 0.3) is 5.69 Å². The predicted octanol–water partition coefficient (Wildman–Crippen LogP) is 1.94. The molecule has 5 nitrogen and oxygen atoms in total. The van der Waals surface area contributed by atoms with Crippen LogP contribution in [-0.2, 0) is 0 Å². The monoisotopic (exact) mass is 340 g/mol. The molecule has 0 saturated carbocycles. The molecule has 1 N–H and O–H groups in total. The highest BCUT2D eigenvalue weighted by Gasteiger charge is 2.15. The number of halogens is 2. The fourth-order valence-corrected chi connectivity index (χ4v) is 2.28. The fraction of sp³-hybridized carbons (Fsp3) is 0.154. The zero-order chi connectivity index (χ0) is 15.0. The van der Waals surface area contributed by atoms with Crippen LogP contribution in [0.1, 0.15) is 22.8 Å². The number of rotatable bonds is 2. The van der Waals surface area contributed by atoms with Gasteiger partial charge in [0.15, 0.2) is 5.78 Å². The summed E-state index contributed by atoms with van der Waals surface area (Å²) >= 11 is 3.03. The maximum absolute atomic E-state index is 13.6. The third-order valence-corrected chi connectivity index (χ3v) is 3.44. The number of ketones is 1. The minimum absolute atomic E-state index is 0.0973. The van der Waals surface area contributed by atoms with Gasteiger partial charge in [-0.1, -0.05) is 0 Å². The number of aromatic nitrogens is 2. The lowest BCUT2D eigenvalue weighted by molar-refractivity contribution is 0.101. The molecule has 0 aliphatic heterocycles. The summed E-state index contributed by atoms with van der Waals surface area (Å²) in [4.78, 5) is 37.6. The molecule has 104 valence electrons. The van der Waals surface area contributed by atoms with Gasteiger partial charge in [0.2, 0.25) is 0 Å². The van der Waals surface area contributed by atoms with Crippen molar-refractivity contribution in [2.75, 3.05) is 0 Å². The van der Waals surface area contributed by atoms with Crippen molar-refractivity contribution >= 4 is 21.7 Å². The molecule has 2 rings (SSSR count). The highest BCUT2D eigenvalue weighted by molar-refractivity contribution is 9.10. The average molecular weight is 341 g/mol. The van der Waals surface area contributed by atoms with Crippen LogP contribution in [0.15, 0.2) is 32.4 Å². The van der Waals surface area contributed by atoms with Crippen molar-refractivity contribution in [1.29, 1.82) is 0 Å². The van der Waals surface area contributed by atoms with Crippen LogP contribution in [0.4, 0.5) is 4.39 Å². The van der Waals surface area contributed by atoms with Gasteiger partial charge in [-0.15, -0.1) is 0 Å². The van der Waals surface area contributed by atoms with Crippen LogP contribution in [0.2, 0.25) is 0 Å². The van der Waals surface area contributed by atoms with Crippen molar-refractivity contribution < 1.29 is 9.18 Å². The topological polar surface area (TPSA) is 71.9 Å². The van der Waals surface area contributed by atoms with Crippen LogP contribution >= 0.6 is 15.9 Å². The maximum atomic E-state index is 13.6. The first-order chi connectivity index (χ1) is 9.32. The molecule has 0 amide bonds. The smallest absolute Gasteiger partial charge is 0.313 e. The highest BCUT2D eigenvalue weighted by atomic mass is 79.9. The number of benzene rings is 1. The zero-order valence-corrected chi connectivity index (χ0v) is 12.2. The summed E-state index contributed by atoms with van der Waals surface area (Å²) in [7, 11) is 0.